The van der Waals surface area contributed by atoms with Gasteiger partial charge in [-0.15, -0.1) is 0 Å². The van der Waals surface area contributed by atoms with Crippen molar-refractivity contribution in [2.45, 2.75) is 58.7 Å². The Morgan fingerprint density at radius 1 is 1.38 bits per heavy atom. The van der Waals surface area contributed by atoms with Crippen LogP contribution in [0.5, 0.6) is 5.75 Å². The maximum absolute atomic E-state index is 11.1. The number of para-hydroxylation sites is 1. The molecule has 0 aromatic heterocycles. The number of nitrogens with zero attached hydrogens (tertiary/aromatic N) is 1. The molecule has 1 aliphatic heterocycles. The molecule has 1 N–H and O–H groups in total. The minimum atomic E-state index is -0.807. The van der Waals surface area contributed by atoms with E-state index in [4.69, 9.17) is 9.84 Å². The average molecular weight is 291 g/mol. The number of ether oxygens (including phenoxy) is 1. The van der Waals surface area contributed by atoms with Crippen LogP contribution in [0.4, 0.5) is 0 Å². The van der Waals surface area contributed by atoms with E-state index >= 15 is 0 Å². The molecule has 1 aromatic rings. The molecule has 0 radical (unpaired) electrons. The average Bonchev–Trinajstić information content (AvgIpc) is 2.61. The van der Waals surface area contributed by atoms with Crippen LogP contribution in [-0.4, -0.2) is 33.7 Å². The van der Waals surface area contributed by atoms with Crippen LogP contribution in [0, 0.1) is 0 Å². The number of hydrogen-bond acceptors (Lipinski definition) is 3. The molecule has 0 aliphatic carbocycles. The first-order valence-corrected chi connectivity index (χ1v) is 7.35. The Morgan fingerprint density at radius 2 is 2.05 bits per heavy atom. The Balaban J connectivity index is 2.27. The summed E-state index contributed by atoms with van der Waals surface area (Å²) in [7, 11) is 0. The summed E-state index contributed by atoms with van der Waals surface area (Å²) in [6.45, 7) is 10.9. The largest absolute Gasteiger partial charge is 0.487 e. The zero-order valence-corrected chi connectivity index (χ0v) is 13.6. The standard InChI is InChI=1S/C17H25NO3/c1-16(2,3)18(11-14(19)20)10-13-8-6-7-12-9-17(4,5)21-15(12)13/h6-8H,9-11H2,1-5H3,(H,19,20). The van der Waals surface area contributed by atoms with Gasteiger partial charge in [0.1, 0.15) is 11.4 Å². The highest BCUT2D eigenvalue weighted by molar-refractivity contribution is 5.69. The van der Waals surface area contributed by atoms with Crippen molar-refractivity contribution in [1.29, 1.82) is 0 Å². The Hall–Kier alpha value is -1.55. The smallest absolute Gasteiger partial charge is 0.317 e. The van der Waals surface area contributed by atoms with Gasteiger partial charge in [-0.25, -0.2) is 0 Å². The first-order chi connectivity index (χ1) is 9.58. The second kappa shape index (κ2) is 5.34. The lowest BCUT2D eigenvalue weighted by Crippen LogP contribution is -2.43. The summed E-state index contributed by atoms with van der Waals surface area (Å²) in [6, 6.07) is 6.15. The van der Waals surface area contributed by atoms with Gasteiger partial charge in [-0.3, -0.25) is 9.69 Å². The quantitative estimate of drug-likeness (QED) is 0.926. The van der Waals surface area contributed by atoms with Gasteiger partial charge in [-0.1, -0.05) is 18.2 Å². The van der Waals surface area contributed by atoms with Gasteiger partial charge in [-0.2, -0.15) is 0 Å². The van der Waals surface area contributed by atoms with E-state index < -0.39 is 5.97 Å². The lowest BCUT2D eigenvalue weighted by atomic mass is 9.99. The molecule has 0 fully saturated rings. The summed E-state index contributed by atoms with van der Waals surface area (Å²) in [4.78, 5) is 13.1. The minimum Gasteiger partial charge on any atom is -0.487 e. The van der Waals surface area contributed by atoms with E-state index in [-0.39, 0.29) is 17.7 Å². The van der Waals surface area contributed by atoms with Gasteiger partial charge >= 0.3 is 5.97 Å². The van der Waals surface area contributed by atoms with E-state index in [1.165, 1.54) is 5.56 Å². The molecule has 1 aliphatic rings. The normalized spacial score (nSPS) is 16.7. The van der Waals surface area contributed by atoms with Crippen molar-refractivity contribution in [1.82, 2.24) is 4.90 Å². The SMILES string of the molecule is CC1(C)Cc2cccc(CN(CC(=O)O)C(C)(C)C)c2O1. The Bertz CT molecular complexity index is 543. The molecular formula is C17H25NO3. The van der Waals surface area contributed by atoms with Gasteiger partial charge < -0.3 is 9.84 Å². The number of aliphatic carboxylic acids is 1. The first kappa shape index (κ1) is 15.8. The van der Waals surface area contributed by atoms with E-state index in [1.807, 2.05) is 37.8 Å². The molecule has 1 aromatic carbocycles. The fourth-order valence-electron chi connectivity index (χ4n) is 2.70. The van der Waals surface area contributed by atoms with Crippen LogP contribution in [0.15, 0.2) is 18.2 Å². The highest BCUT2D eigenvalue weighted by Gasteiger charge is 2.33. The van der Waals surface area contributed by atoms with Crippen LogP contribution in [-0.2, 0) is 17.8 Å². The predicted molar refractivity (Wildman–Crippen MR) is 82.7 cm³/mol. The van der Waals surface area contributed by atoms with Gasteiger partial charge in [0.2, 0.25) is 0 Å². The topological polar surface area (TPSA) is 49.8 Å². The lowest BCUT2D eigenvalue weighted by molar-refractivity contribution is -0.139. The fraction of sp³-hybridized carbons (Fsp3) is 0.588. The molecule has 0 unspecified atom stereocenters. The van der Waals surface area contributed by atoms with E-state index in [1.54, 1.807) is 0 Å². The minimum absolute atomic E-state index is 0.0244. The van der Waals surface area contributed by atoms with Gasteiger partial charge in [0, 0.05) is 24.1 Å². The van der Waals surface area contributed by atoms with Crippen molar-refractivity contribution < 1.29 is 14.6 Å². The molecule has 0 saturated carbocycles. The lowest BCUT2D eigenvalue weighted by Gasteiger charge is -2.34. The molecule has 0 amide bonds. The summed E-state index contributed by atoms with van der Waals surface area (Å²) >= 11 is 0. The molecule has 1 heterocycles. The molecule has 4 nitrogen and oxygen atoms in total. The number of carboxylic acids is 1. The Labute approximate surface area is 126 Å². The maximum Gasteiger partial charge on any atom is 0.317 e. The summed E-state index contributed by atoms with van der Waals surface area (Å²) in [5.41, 5.74) is 1.88. The first-order valence-electron chi connectivity index (χ1n) is 7.35. The Kier molecular flexibility index (Phi) is 4.02. The monoisotopic (exact) mass is 291 g/mol. The van der Waals surface area contributed by atoms with Gasteiger partial charge in [0.05, 0.1) is 6.54 Å². The van der Waals surface area contributed by atoms with E-state index in [9.17, 15) is 4.79 Å². The molecule has 2 rings (SSSR count). The molecule has 0 spiro atoms. The predicted octanol–water partition coefficient (Wildman–Crippen LogP) is 3.09. The summed E-state index contributed by atoms with van der Waals surface area (Å²) in [5.74, 6) is 0.126. The summed E-state index contributed by atoms with van der Waals surface area (Å²) in [6.07, 6.45) is 0.893. The van der Waals surface area contributed by atoms with Crippen molar-refractivity contribution in [2.24, 2.45) is 0 Å². The number of fused-ring (bicyclic) bond motifs is 1. The molecule has 0 bridgehead atoms. The van der Waals surface area contributed by atoms with Crippen molar-refractivity contribution >= 4 is 5.97 Å². The number of benzene rings is 1. The van der Waals surface area contributed by atoms with E-state index in [0.29, 0.717) is 6.54 Å². The third kappa shape index (κ3) is 3.76. The number of hydrogen-bond donors (Lipinski definition) is 1. The zero-order valence-electron chi connectivity index (χ0n) is 13.6. The molecule has 21 heavy (non-hydrogen) atoms. The highest BCUT2D eigenvalue weighted by atomic mass is 16.5. The molecule has 0 atom stereocenters. The van der Waals surface area contributed by atoms with E-state index in [2.05, 4.69) is 19.9 Å². The second-order valence-electron chi connectivity index (χ2n) is 7.36. The van der Waals surface area contributed by atoms with Gasteiger partial charge in [-0.05, 0) is 40.2 Å². The van der Waals surface area contributed by atoms with Crippen molar-refractivity contribution in [3.63, 3.8) is 0 Å². The van der Waals surface area contributed by atoms with Crippen molar-refractivity contribution in [3.8, 4) is 5.75 Å². The van der Waals surface area contributed by atoms with Crippen molar-refractivity contribution in [2.75, 3.05) is 6.54 Å². The second-order valence-corrected chi connectivity index (χ2v) is 7.36. The molecule has 116 valence electrons. The van der Waals surface area contributed by atoms with Crippen LogP contribution in [0.25, 0.3) is 0 Å². The zero-order chi connectivity index (χ0) is 15.8. The van der Waals surface area contributed by atoms with Gasteiger partial charge in [0.25, 0.3) is 0 Å². The van der Waals surface area contributed by atoms with Crippen LogP contribution in [0.1, 0.15) is 45.7 Å². The summed E-state index contributed by atoms with van der Waals surface area (Å²) < 4.78 is 6.07. The number of carbonyl (C=O) groups is 1. The van der Waals surface area contributed by atoms with E-state index in [0.717, 1.165) is 17.7 Å². The fourth-order valence-corrected chi connectivity index (χ4v) is 2.70. The molecule has 0 saturated heterocycles. The van der Waals surface area contributed by atoms with Gasteiger partial charge in [0.15, 0.2) is 0 Å². The van der Waals surface area contributed by atoms with Crippen LogP contribution in [0.3, 0.4) is 0 Å². The van der Waals surface area contributed by atoms with Crippen molar-refractivity contribution in [3.05, 3.63) is 29.3 Å². The number of carboxylic acid groups (broad SMARTS) is 1. The maximum atomic E-state index is 11.1. The third-order valence-corrected chi connectivity index (χ3v) is 3.81. The molecule has 4 heteroatoms. The van der Waals surface area contributed by atoms with Crippen LogP contribution >= 0.6 is 0 Å². The highest BCUT2D eigenvalue weighted by Crippen LogP contribution is 2.38. The third-order valence-electron chi connectivity index (χ3n) is 3.81. The molecular weight excluding hydrogens is 266 g/mol. The van der Waals surface area contributed by atoms with Crippen LogP contribution in [0.2, 0.25) is 0 Å². The number of rotatable bonds is 4. The summed E-state index contributed by atoms with van der Waals surface area (Å²) in [5, 5.41) is 9.13. The Morgan fingerprint density at radius 3 is 2.62 bits per heavy atom. The van der Waals surface area contributed by atoms with Crippen LogP contribution < -0.4 is 4.74 Å².